The molecule has 0 aliphatic carbocycles. The standard InChI is InChI=1S/C14H21FN2O2/c1-3-8-17(10-14(19)16-2)9-13(18)11-4-6-12(15)7-5-11/h4-7,13,18H,3,8-10H2,1-2H3,(H,16,19). The summed E-state index contributed by atoms with van der Waals surface area (Å²) in [5.41, 5.74) is 0.652. The quantitative estimate of drug-likeness (QED) is 0.784. The highest BCUT2D eigenvalue weighted by Crippen LogP contribution is 2.15. The number of nitrogens with zero attached hydrogens (tertiary/aromatic N) is 1. The van der Waals surface area contributed by atoms with E-state index in [2.05, 4.69) is 5.32 Å². The van der Waals surface area contributed by atoms with Crippen LogP contribution in [0.4, 0.5) is 4.39 Å². The van der Waals surface area contributed by atoms with Gasteiger partial charge in [0.2, 0.25) is 5.91 Å². The minimum atomic E-state index is -0.725. The van der Waals surface area contributed by atoms with E-state index in [-0.39, 0.29) is 18.3 Å². The summed E-state index contributed by atoms with van der Waals surface area (Å²) < 4.78 is 12.8. The van der Waals surface area contributed by atoms with Gasteiger partial charge >= 0.3 is 0 Å². The van der Waals surface area contributed by atoms with Crippen LogP contribution in [0.1, 0.15) is 25.0 Å². The highest BCUT2D eigenvalue weighted by Gasteiger charge is 2.15. The Labute approximate surface area is 113 Å². The molecule has 0 saturated heterocycles. The van der Waals surface area contributed by atoms with Gasteiger partial charge in [-0.25, -0.2) is 4.39 Å². The van der Waals surface area contributed by atoms with Gasteiger partial charge in [-0.1, -0.05) is 19.1 Å². The summed E-state index contributed by atoms with van der Waals surface area (Å²) in [6, 6.07) is 5.76. The van der Waals surface area contributed by atoms with Crippen molar-refractivity contribution in [2.45, 2.75) is 19.4 Å². The largest absolute Gasteiger partial charge is 0.387 e. The Bertz CT molecular complexity index is 395. The third kappa shape index (κ3) is 5.36. The number of likely N-dealkylation sites (N-methyl/N-ethyl adjacent to an activating group) is 1. The zero-order valence-corrected chi connectivity index (χ0v) is 11.4. The highest BCUT2D eigenvalue weighted by molar-refractivity contribution is 5.77. The fourth-order valence-corrected chi connectivity index (χ4v) is 1.87. The summed E-state index contributed by atoms with van der Waals surface area (Å²) in [4.78, 5) is 13.3. The van der Waals surface area contributed by atoms with Crippen molar-refractivity contribution in [1.29, 1.82) is 0 Å². The van der Waals surface area contributed by atoms with E-state index in [1.165, 1.54) is 12.1 Å². The van der Waals surface area contributed by atoms with Crippen LogP contribution >= 0.6 is 0 Å². The van der Waals surface area contributed by atoms with Gasteiger partial charge in [-0.15, -0.1) is 0 Å². The second kappa shape index (κ2) is 7.86. The maximum absolute atomic E-state index is 12.8. The summed E-state index contributed by atoms with van der Waals surface area (Å²) in [7, 11) is 1.59. The van der Waals surface area contributed by atoms with Crippen LogP contribution in [0.2, 0.25) is 0 Å². The van der Waals surface area contributed by atoms with Gasteiger partial charge < -0.3 is 10.4 Å². The summed E-state index contributed by atoms with van der Waals surface area (Å²) in [5.74, 6) is -0.411. The van der Waals surface area contributed by atoms with Gasteiger partial charge in [0.25, 0.3) is 0 Å². The summed E-state index contributed by atoms with van der Waals surface area (Å²) in [6.45, 7) is 3.35. The molecule has 1 amide bonds. The Balaban J connectivity index is 2.62. The van der Waals surface area contributed by atoms with E-state index in [1.807, 2.05) is 11.8 Å². The zero-order chi connectivity index (χ0) is 14.3. The van der Waals surface area contributed by atoms with E-state index in [1.54, 1.807) is 19.2 Å². The van der Waals surface area contributed by atoms with Crippen molar-refractivity contribution in [2.24, 2.45) is 0 Å². The zero-order valence-electron chi connectivity index (χ0n) is 11.4. The Kier molecular flexibility index (Phi) is 6.45. The molecule has 19 heavy (non-hydrogen) atoms. The summed E-state index contributed by atoms with van der Waals surface area (Å²) >= 11 is 0. The minimum absolute atomic E-state index is 0.0836. The second-order valence-corrected chi connectivity index (χ2v) is 4.48. The van der Waals surface area contributed by atoms with Crippen LogP contribution in [0.25, 0.3) is 0 Å². The maximum Gasteiger partial charge on any atom is 0.233 e. The highest BCUT2D eigenvalue weighted by atomic mass is 19.1. The van der Waals surface area contributed by atoms with E-state index in [9.17, 15) is 14.3 Å². The molecule has 1 rings (SSSR count). The van der Waals surface area contributed by atoms with Crippen molar-refractivity contribution in [1.82, 2.24) is 10.2 Å². The van der Waals surface area contributed by atoms with Gasteiger partial charge in [-0.05, 0) is 30.7 Å². The first-order valence-corrected chi connectivity index (χ1v) is 6.43. The van der Waals surface area contributed by atoms with Gasteiger partial charge in [0.1, 0.15) is 5.82 Å². The minimum Gasteiger partial charge on any atom is -0.387 e. The number of aliphatic hydroxyl groups is 1. The van der Waals surface area contributed by atoms with Crippen LogP contribution in [0.5, 0.6) is 0 Å². The van der Waals surface area contributed by atoms with Crippen LogP contribution < -0.4 is 5.32 Å². The van der Waals surface area contributed by atoms with Crippen LogP contribution in [0, 0.1) is 5.82 Å². The van der Waals surface area contributed by atoms with Crippen molar-refractivity contribution in [3.8, 4) is 0 Å². The average Bonchev–Trinajstić information content (AvgIpc) is 2.39. The third-order valence-electron chi connectivity index (χ3n) is 2.87. The number of benzene rings is 1. The van der Waals surface area contributed by atoms with Gasteiger partial charge in [0.15, 0.2) is 0 Å². The Morgan fingerprint density at radius 3 is 2.58 bits per heavy atom. The molecule has 0 aliphatic heterocycles. The van der Waals surface area contributed by atoms with E-state index in [4.69, 9.17) is 0 Å². The van der Waals surface area contributed by atoms with Crippen LogP contribution in [0.3, 0.4) is 0 Å². The molecule has 0 fully saturated rings. The first kappa shape index (κ1) is 15.6. The molecule has 4 nitrogen and oxygen atoms in total. The van der Waals surface area contributed by atoms with Gasteiger partial charge in [-0.2, -0.15) is 0 Å². The number of rotatable bonds is 7. The number of amides is 1. The van der Waals surface area contributed by atoms with Crippen LogP contribution in [-0.4, -0.2) is 42.6 Å². The number of halogens is 1. The van der Waals surface area contributed by atoms with Gasteiger partial charge in [0, 0.05) is 13.6 Å². The van der Waals surface area contributed by atoms with E-state index < -0.39 is 6.10 Å². The fourth-order valence-electron chi connectivity index (χ4n) is 1.87. The lowest BCUT2D eigenvalue weighted by Crippen LogP contribution is -2.38. The molecular formula is C14H21FN2O2. The molecule has 0 bridgehead atoms. The Hall–Kier alpha value is -1.46. The van der Waals surface area contributed by atoms with Crippen LogP contribution in [-0.2, 0) is 4.79 Å². The Morgan fingerprint density at radius 1 is 1.42 bits per heavy atom. The van der Waals surface area contributed by atoms with Crippen molar-refractivity contribution in [3.05, 3.63) is 35.6 Å². The molecule has 1 aromatic carbocycles. The number of hydrogen-bond donors (Lipinski definition) is 2. The number of hydrogen-bond acceptors (Lipinski definition) is 3. The molecule has 106 valence electrons. The third-order valence-corrected chi connectivity index (χ3v) is 2.87. The van der Waals surface area contributed by atoms with Crippen LogP contribution in [0.15, 0.2) is 24.3 Å². The van der Waals surface area contributed by atoms with Crippen molar-refractivity contribution >= 4 is 5.91 Å². The fraction of sp³-hybridized carbons (Fsp3) is 0.500. The molecule has 0 aromatic heterocycles. The van der Waals surface area contributed by atoms with Gasteiger partial charge in [-0.3, -0.25) is 9.69 Å². The summed E-state index contributed by atoms with van der Waals surface area (Å²) in [5, 5.41) is 12.7. The van der Waals surface area contributed by atoms with Gasteiger partial charge in [0.05, 0.1) is 12.6 Å². The molecule has 1 atom stereocenters. The average molecular weight is 268 g/mol. The molecule has 0 aliphatic rings. The smallest absolute Gasteiger partial charge is 0.233 e. The van der Waals surface area contributed by atoms with E-state index in [0.717, 1.165) is 13.0 Å². The molecule has 1 unspecified atom stereocenters. The molecule has 5 heteroatoms. The first-order chi connectivity index (χ1) is 9.06. The predicted molar refractivity (Wildman–Crippen MR) is 72.2 cm³/mol. The molecule has 0 radical (unpaired) electrons. The molecule has 0 saturated carbocycles. The lowest BCUT2D eigenvalue weighted by Gasteiger charge is -2.24. The lowest BCUT2D eigenvalue weighted by atomic mass is 10.1. The monoisotopic (exact) mass is 268 g/mol. The second-order valence-electron chi connectivity index (χ2n) is 4.48. The lowest BCUT2D eigenvalue weighted by molar-refractivity contribution is -0.122. The van der Waals surface area contributed by atoms with Crippen molar-refractivity contribution < 1.29 is 14.3 Å². The normalized spacial score (nSPS) is 12.5. The van der Waals surface area contributed by atoms with E-state index in [0.29, 0.717) is 12.1 Å². The van der Waals surface area contributed by atoms with Crippen molar-refractivity contribution in [2.75, 3.05) is 26.7 Å². The molecule has 0 heterocycles. The van der Waals surface area contributed by atoms with Crippen molar-refractivity contribution in [3.63, 3.8) is 0 Å². The molecule has 1 aromatic rings. The number of aliphatic hydroxyl groups excluding tert-OH is 1. The van der Waals surface area contributed by atoms with E-state index >= 15 is 0 Å². The SMILES string of the molecule is CCCN(CC(=O)NC)CC(O)c1ccc(F)cc1. The predicted octanol–water partition coefficient (Wildman–Crippen LogP) is 1.32. The number of nitrogens with one attached hydrogen (secondary N) is 1. The maximum atomic E-state index is 12.8. The molecular weight excluding hydrogens is 247 g/mol. The molecule has 0 spiro atoms. The Morgan fingerprint density at radius 2 is 2.05 bits per heavy atom. The summed E-state index contributed by atoms with van der Waals surface area (Å²) in [6.07, 6.45) is 0.171. The number of carbonyl (C=O) groups excluding carboxylic acids is 1. The number of carbonyl (C=O) groups is 1. The first-order valence-electron chi connectivity index (χ1n) is 6.43. The molecule has 2 N–H and O–H groups in total. The topological polar surface area (TPSA) is 52.6 Å².